The van der Waals surface area contributed by atoms with Gasteiger partial charge < -0.3 is 10.7 Å². The van der Waals surface area contributed by atoms with Gasteiger partial charge in [-0.25, -0.2) is 0 Å². The highest BCUT2D eigenvalue weighted by molar-refractivity contribution is 5.82. The van der Waals surface area contributed by atoms with Crippen LogP contribution in [0.5, 0.6) is 0 Å². The first-order chi connectivity index (χ1) is 6.75. The first kappa shape index (κ1) is 9.03. The second kappa shape index (κ2) is 3.68. The molecule has 2 nitrogen and oxygen atoms in total. The third-order valence-electron chi connectivity index (χ3n) is 2.13. The molecule has 0 aliphatic heterocycles. The van der Waals surface area contributed by atoms with Gasteiger partial charge in [0.05, 0.1) is 0 Å². The number of H-pyrrole nitrogens is 1. The van der Waals surface area contributed by atoms with Crippen molar-refractivity contribution in [2.75, 3.05) is 0 Å². The van der Waals surface area contributed by atoms with Gasteiger partial charge in [-0.05, 0) is 30.5 Å². The van der Waals surface area contributed by atoms with Crippen LogP contribution in [0.25, 0.3) is 17.0 Å². The average Bonchev–Trinajstić information content (AvgIpc) is 2.57. The number of aromatic amines is 1. The van der Waals surface area contributed by atoms with Crippen LogP contribution in [0.2, 0.25) is 0 Å². The Morgan fingerprint density at radius 3 is 2.86 bits per heavy atom. The molecule has 1 atom stereocenters. The van der Waals surface area contributed by atoms with Crippen LogP contribution in [0.3, 0.4) is 0 Å². The van der Waals surface area contributed by atoms with Crippen molar-refractivity contribution in [1.82, 2.24) is 4.98 Å². The van der Waals surface area contributed by atoms with Crippen molar-refractivity contribution in [3.05, 3.63) is 42.1 Å². The SMILES string of the molecule is CC(N)/C=C/c1cc2ccccc2[nH]1. The highest BCUT2D eigenvalue weighted by Crippen LogP contribution is 2.15. The van der Waals surface area contributed by atoms with Crippen molar-refractivity contribution in [1.29, 1.82) is 0 Å². The van der Waals surface area contributed by atoms with Gasteiger partial charge in [-0.3, -0.25) is 0 Å². The van der Waals surface area contributed by atoms with E-state index in [1.807, 2.05) is 31.2 Å². The summed E-state index contributed by atoms with van der Waals surface area (Å²) in [5.41, 5.74) is 7.90. The van der Waals surface area contributed by atoms with Crippen LogP contribution in [-0.4, -0.2) is 11.0 Å². The summed E-state index contributed by atoms with van der Waals surface area (Å²) in [6, 6.07) is 10.4. The molecule has 1 aromatic carbocycles. The van der Waals surface area contributed by atoms with Gasteiger partial charge in [0.1, 0.15) is 0 Å². The lowest BCUT2D eigenvalue weighted by molar-refractivity contribution is 0.930. The summed E-state index contributed by atoms with van der Waals surface area (Å²) in [5, 5.41) is 1.23. The molecule has 0 fully saturated rings. The minimum absolute atomic E-state index is 0.0985. The van der Waals surface area contributed by atoms with E-state index in [4.69, 9.17) is 5.73 Å². The van der Waals surface area contributed by atoms with E-state index in [2.05, 4.69) is 23.2 Å². The number of fused-ring (bicyclic) bond motifs is 1. The minimum atomic E-state index is 0.0985. The molecule has 0 spiro atoms. The van der Waals surface area contributed by atoms with Crippen LogP contribution < -0.4 is 5.73 Å². The molecule has 0 aliphatic carbocycles. The van der Waals surface area contributed by atoms with E-state index in [-0.39, 0.29) is 6.04 Å². The Morgan fingerprint density at radius 1 is 1.36 bits per heavy atom. The van der Waals surface area contributed by atoms with Gasteiger partial charge in [0.2, 0.25) is 0 Å². The number of hydrogen-bond acceptors (Lipinski definition) is 1. The van der Waals surface area contributed by atoms with Crippen LogP contribution in [0.15, 0.2) is 36.4 Å². The predicted molar refractivity (Wildman–Crippen MR) is 61.0 cm³/mol. The molecule has 3 N–H and O–H groups in total. The van der Waals surface area contributed by atoms with E-state index in [1.54, 1.807) is 0 Å². The molecular formula is C12H14N2. The van der Waals surface area contributed by atoms with Gasteiger partial charge in [0.25, 0.3) is 0 Å². The quantitative estimate of drug-likeness (QED) is 0.743. The fourth-order valence-corrected chi connectivity index (χ4v) is 1.44. The maximum Gasteiger partial charge on any atom is 0.0458 e. The highest BCUT2D eigenvalue weighted by atomic mass is 14.7. The zero-order valence-corrected chi connectivity index (χ0v) is 8.20. The molecular weight excluding hydrogens is 172 g/mol. The van der Waals surface area contributed by atoms with E-state index in [0.717, 1.165) is 11.2 Å². The fourth-order valence-electron chi connectivity index (χ4n) is 1.44. The number of para-hydroxylation sites is 1. The number of nitrogens with one attached hydrogen (secondary N) is 1. The Balaban J connectivity index is 2.36. The lowest BCUT2D eigenvalue weighted by Crippen LogP contribution is -2.09. The Bertz CT molecular complexity index is 419. The van der Waals surface area contributed by atoms with Crippen LogP contribution >= 0.6 is 0 Å². The van der Waals surface area contributed by atoms with Gasteiger partial charge >= 0.3 is 0 Å². The summed E-state index contributed by atoms with van der Waals surface area (Å²) in [6.07, 6.45) is 4.00. The standard InChI is InChI=1S/C12H14N2/c1-9(13)6-7-11-8-10-4-2-3-5-12(10)14-11/h2-9,14H,13H2,1H3/b7-6+. The number of aromatic nitrogens is 1. The van der Waals surface area contributed by atoms with Gasteiger partial charge in [0.15, 0.2) is 0 Å². The molecule has 72 valence electrons. The van der Waals surface area contributed by atoms with Crippen molar-refractivity contribution < 1.29 is 0 Å². The van der Waals surface area contributed by atoms with Crippen LogP contribution in [-0.2, 0) is 0 Å². The van der Waals surface area contributed by atoms with Crippen LogP contribution in [0.1, 0.15) is 12.6 Å². The summed E-state index contributed by atoms with van der Waals surface area (Å²) < 4.78 is 0. The Morgan fingerprint density at radius 2 is 2.14 bits per heavy atom. The van der Waals surface area contributed by atoms with Crippen LogP contribution in [0.4, 0.5) is 0 Å². The number of benzene rings is 1. The topological polar surface area (TPSA) is 41.8 Å². The molecule has 0 saturated carbocycles. The predicted octanol–water partition coefficient (Wildman–Crippen LogP) is 2.53. The summed E-state index contributed by atoms with van der Waals surface area (Å²) in [5.74, 6) is 0. The summed E-state index contributed by atoms with van der Waals surface area (Å²) in [7, 11) is 0. The van der Waals surface area contributed by atoms with E-state index < -0.39 is 0 Å². The van der Waals surface area contributed by atoms with Gasteiger partial charge in [-0.2, -0.15) is 0 Å². The van der Waals surface area contributed by atoms with E-state index >= 15 is 0 Å². The first-order valence-electron chi connectivity index (χ1n) is 4.77. The number of nitrogens with two attached hydrogens (primary N) is 1. The molecule has 0 aliphatic rings. The molecule has 0 bridgehead atoms. The second-order valence-electron chi connectivity index (χ2n) is 3.53. The third-order valence-corrected chi connectivity index (χ3v) is 2.13. The Hall–Kier alpha value is -1.54. The molecule has 1 aromatic heterocycles. The van der Waals surface area contributed by atoms with Crippen molar-refractivity contribution in [3.8, 4) is 0 Å². The third kappa shape index (κ3) is 1.86. The zero-order chi connectivity index (χ0) is 9.97. The summed E-state index contributed by atoms with van der Waals surface area (Å²) in [6.45, 7) is 1.96. The molecule has 1 unspecified atom stereocenters. The average molecular weight is 186 g/mol. The number of hydrogen-bond donors (Lipinski definition) is 2. The first-order valence-corrected chi connectivity index (χ1v) is 4.77. The summed E-state index contributed by atoms with van der Waals surface area (Å²) in [4.78, 5) is 3.31. The van der Waals surface area contributed by atoms with Crippen LogP contribution in [0, 0.1) is 0 Å². The molecule has 2 rings (SSSR count). The molecule has 0 radical (unpaired) electrons. The lowest BCUT2D eigenvalue weighted by Gasteiger charge is -1.92. The minimum Gasteiger partial charge on any atom is -0.355 e. The molecule has 14 heavy (non-hydrogen) atoms. The molecule has 0 amide bonds. The van der Waals surface area contributed by atoms with E-state index in [0.29, 0.717) is 0 Å². The number of rotatable bonds is 2. The summed E-state index contributed by atoms with van der Waals surface area (Å²) >= 11 is 0. The molecule has 1 heterocycles. The zero-order valence-electron chi connectivity index (χ0n) is 8.20. The highest BCUT2D eigenvalue weighted by Gasteiger charge is 1.95. The van der Waals surface area contributed by atoms with Crippen molar-refractivity contribution in [2.45, 2.75) is 13.0 Å². The Kier molecular flexibility index (Phi) is 2.37. The molecule has 2 heteroatoms. The largest absolute Gasteiger partial charge is 0.355 e. The smallest absolute Gasteiger partial charge is 0.0458 e. The van der Waals surface area contributed by atoms with Gasteiger partial charge in [0, 0.05) is 17.3 Å². The van der Waals surface area contributed by atoms with Gasteiger partial charge in [-0.1, -0.05) is 24.3 Å². The maximum atomic E-state index is 5.63. The second-order valence-corrected chi connectivity index (χ2v) is 3.53. The molecule has 2 aromatic rings. The van der Waals surface area contributed by atoms with E-state index in [9.17, 15) is 0 Å². The maximum absolute atomic E-state index is 5.63. The molecule has 0 saturated heterocycles. The van der Waals surface area contributed by atoms with Gasteiger partial charge in [-0.15, -0.1) is 0 Å². The van der Waals surface area contributed by atoms with Crippen molar-refractivity contribution in [3.63, 3.8) is 0 Å². The van der Waals surface area contributed by atoms with E-state index in [1.165, 1.54) is 5.39 Å². The van der Waals surface area contributed by atoms with Crippen molar-refractivity contribution in [2.24, 2.45) is 5.73 Å². The fraction of sp³-hybridized carbons (Fsp3) is 0.167. The van der Waals surface area contributed by atoms with Crippen molar-refractivity contribution >= 4 is 17.0 Å². The normalized spacial score (nSPS) is 13.9. The lowest BCUT2D eigenvalue weighted by atomic mass is 10.2. The Labute approximate surface area is 83.4 Å². The monoisotopic (exact) mass is 186 g/mol.